The van der Waals surface area contributed by atoms with Gasteiger partial charge in [0.05, 0.1) is 85.2 Å². The van der Waals surface area contributed by atoms with Crippen LogP contribution in [-0.4, -0.2) is 94.7 Å². The Kier molecular flexibility index (Phi) is 25.9. The number of rotatable bonds is 12. The van der Waals surface area contributed by atoms with Gasteiger partial charge in [-0.1, -0.05) is 109 Å². The van der Waals surface area contributed by atoms with Crippen molar-refractivity contribution >= 4 is 62.4 Å². The van der Waals surface area contributed by atoms with E-state index < -0.39 is 40.7 Å². The smallest absolute Gasteiger partial charge is 0.438 e. The summed E-state index contributed by atoms with van der Waals surface area (Å²) < 4.78 is 26.1. The number of amides is 2. The van der Waals surface area contributed by atoms with Crippen LogP contribution in [0.15, 0.2) is 167 Å². The number of cyclic esters (lactones) is 2. The fraction of sp³-hybridized carbons (Fsp3) is 0.359. The zero-order valence-corrected chi connectivity index (χ0v) is 62.3. The van der Waals surface area contributed by atoms with Gasteiger partial charge in [-0.25, -0.2) is 24.5 Å². The van der Waals surface area contributed by atoms with E-state index in [2.05, 4.69) is 57.9 Å². The first-order valence-electron chi connectivity index (χ1n) is 32.7. The van der Waals surface area contributed by atoms with Crippen LogP contribution in [-0.2, 0) is 30.0 Å². The molecule has 19 nitrogen and oxygen atoms in total. The van der Waals surface area contributed by atoms with Crippen LogP contribution in [0.2, 0.25) is 0 Å². The van der Waals surface area contributed by atoms with Crippen molar-refractivity contribution in [3.63, 3.8) is 0 Å². The van der Waals surface area contributed by atoms with Crippen molar-refractivity contribution < 1.29 is 38.6 Å². The number of nitrogens with two attached hydrogens (primary N) is 1. The Hall–Kier alpha value is -9.36. The summed E-state index contributed by atoms with van der Waals surface area (Å²) >= 11 is 6.41. The quantitative estimate of drug-likeness (QED) is 0.0756. The lowest BCUT2D eigenvalue weighted by atomic mass is 9.78. The molecule has 22 heteroatoms. The number of carbonyl (C=O) groups excluding carboxylic acids is 2. The van der Waals surface area contributed by atoms with Crippen molar-refractivity contribution in [2.24, 2.45) is 0 Å². The first-order valence-corrected chi connectivity index (χ1v) is 34.3. The number of ether oxygens (including phenoxy) is 2. The summed E-state index contributed by atoms with van der Waals surface area (Å²) in [6.45, 7) is 27.4. The van der Waals surface area contributed by atoms with Gasteiger partial charge in [0, 0.05) is 44.3 Å². The molecule has 518 valence electrons. The number of carbonyl (C=O) groups is 2. The second-order valence-electron chi connectivity index (χ2n) is 27.2. The normalized spacial score (nSPS) is 18.0. The van der Waals surface area contributed by atoms with E-state index in [1.165, 1.54) is 0 Å². The molecule has 8 aromatic rings. The third kappa shape index (κ3) is 20.2. The molecule has 4 aromatic carbocycles. The standard InChI is InChI=1S/C29H31N3O3.C28H38BNO5.2C7H5BrN2.C7H7N3/c1-20-24(18-30)14-15-26(31-20)23-12-10-22(11-13-23)21(2)32-17-16-29(35-27(32)33,19-28(3,4)34)25-8-6-5-7-9-25;1-20(21-13-15-23(16-14-21)29-34-26(4,5)27(6,7)35-29)30-18-17-28(33-24(30)31,19-25(2,3)32)22-11-9-8-10-12-22;2*1-5-6(4-9)2-3-7(8)10-5;1-5-6(4-8)2-3-7(9)10-5/h5-15,21,34H,16-17,19H2,1-4H3;8-16,20,32H,17-19H2,1-7H3;2*2-3H,1H3;2-3H,1H3,(H2,9,10)/t21-,29-;20-,28-;;;/m00.../s1. The Morgan fingerprint density at radius 2 is 0.870 bits per heavy atom. The number of aryl methyl sites for hydroxylation is 4. The van der Waals surface area contributed by atoms with Crippen LogP contribution in [0.5, 0.6) is 0 Å². The highest BCUT2D eigenvalue weighted by atomic mass is 79.9. The van der Waals surface area contributed by atoms with E-state index in [9.17, 15) is 19.8 Å². The van der Waals surface area contributed by atoms with Crippen molar-refractivity contribution in [3.05, 3.63) is 234 Å². The van der Waals surface area contributed by atoms with Crippen molar-refractivity contribution in [3.8, 4) is 35.5 Å². The molecule has 7 heterocycles. The number of anilines is 1. The highest BCUT2D eigenvalue weighted by Gasteiger charge is 2.52. The first-order chi connectivity index (χ1) is 47.1. The monoisotopic (exact) mass is 1470 g/mol. The van der Waals surface area contributed by atoms with Gasteiger partial charge < -0.3 is 44.5 Å². The summed E-state index contributed by atoms with van der Waals surface area (Å²) in [5.41, 5.74) is 12.7. The number of nitrogen functional groups attached to an aromatic ring is 1. The molecule has 4 atom stereocenters. The fourth-order valence-corrected chi connectivity index (χ4v) is 12.6. The van der Waals surface area contributed by atoms with Gasteiger partial charge in [0.15, 0.2) is 0 Å². The number of halogens is 2. The van der Waals surface area contributed by atoms with Crippen molar-refractivity contribution in [1.29, 1.82) is 21.0 Å². The molecular weight excluding hydrogens is 1390 g/mol. The van der Waals surface area contributed by atoms with E-state index in [-0.39, 0.29) is 24.3 Å². The van der Waals surface area contributed by atoms with Crippen LogP contribution in [0.3, 0.4) is 0 Å². The Morgan fingerprint density at radius 1 is 0.520 bits per heavy atom. The second-order valence-corrected chi connectivity index (χ2v) is 28.9. The highest BCUT2D eigenvalue weighted by molar-refractivity contribution is 9.10. The van der Waals surface area contributed by atoms with Gasteiger partial charge in [-0.2, -0.15) is 21.0 Å². The molecule has 0 aliphatic carbocycles. The molecule has 0 bridgehead atoms. The first kappa shape index (κ1) is 78.0. The lowest BCUT2D eigenvalue weighted by Gasteiger charge is -2.45. The molecule has 0 unspecified atom stereocenters. The van der Waals surface area contributed by atoms with Crippen LogP contribution < -0.4 is 11.2 Å². The number of aliphatic hydroxyl groups is 2. The molecule has 100 heavy (non-hydrogen) atoms. The van der Waals surface area contributed by atoms with E-state index >= 15 is 0 Å². The summed E-state index contributed by atoms with van der Waals surface area (Å²) in [6.07, 6.45) is 1.09. The minimum atomic E-state index is -0.989. The van der Waals surface area contributed by atoms with Gasteiger partial charge in [0.1, 0.15) is 50.5 Å². The van der Waals surface area contributed by atoms with Crippen LogP contribution in [0, 0.1) is 73.0 Å². The van der Waals surface area contributed by atoms with E-state index in [1.807, 2.05) is 196 Å². The lowest BCUT2D eigenvalue weighted by molar-refractivity contribution is -0.102. The summed E-state index contributed by atoms with van der Waals surface area (Å²) in [6, 6.07) is 57.2. The predicted octanol–water partition coefficient (Wildman–Crippen LogP) is 15.7. The number of hydrogen-bond donors (Lipinski definition) is 3. The number of pyridine rings is 4. The van der Waals surface area contributed by atoms with Gasteiger partial charge in [-0.05, 0) is 205 Å². The Balaban J connectivity index is 0.000000199. The maximum absolute atomic E-state index is 13.3. The van der Waals surface area contributed by atoms with Gasteiger partial charge in [0.2, 0.25) is 0 Å². The molecule has 3 fully saturated rings. The second kappa shape index (κ2) is 33.2. The summed E-state index contributed by atoms with van der Waals surface area (Å²) in [5, 5.41) is 55.8. The third-order valence-electron chi connectivity index (χ3n) is 17.9. The number of nitrogens with zero attached hydrogens (tertiary/aromatic N) is 10. The molecule has 2 amide bonds. The molecule has 3 aliphatic heterocycles. The molecule has 4 aromatic heterocycles. The number of nitriles is 4. The Bertz CT molecular complexity index is 4170. The summed E-state index contributed by atoms with van der Waals surface area (Å²) in [5.74, 6) is 0.455. The van der Waals surface area contributed by atoms with Gasteiger partial charge in [-0.3, -0.25) is 4.98 Å². The van der Waals surface area contributed by atoms with E-state index in [1.54, 1.807) is 86.9 Å². The molecule has 11 rings (SSSR count). The maximum Gasteiger partial charge on any atom is 0.494 e. The van der Waals surface area contributed by atoms with Crippen LogP contribution in [0.1, 0.15) is 174 Å². The van der Waals surface area contributed by atoms with Gasteiger partial charge >= 0.3 is 19.3 Å². The van der Waals surface area contributed by atoms with E-state index in [4.69, 9.17) is 45.6 Å². The van der Waals surface area contributed by atoms with Gasteiger partial charge in [-0.15, -0.1) is 0 Å². The predicted molar refractivity (Wildman–Crippen MR) is 393 cm³/mol. The van der Waals surface area contributed by atoms with Crippen molar-refractivity contribution in [2.45, 2.75) is 168 Å². The number of aromatic nitrogens is 4. The summed E-state index contributed by atoms with van der Waals surface area (Å²) in [7, 11) is -0.419. The van der Waals surface area contributed by atoms with Crippen LogP contribution in [0.4, 0.5) is 15.4 Å². The zero-order chi connectivity index (χ0) is 73.5. The van der Waals surface area contributed by atoms with E-state index in [0.29, 0.717) is 78.2 Å². The molecule has 0 radical (unpaired) electrons. The summed E-state index contributed by atoms with van der Waals surface area (Å²) in [4.78, 5) is 46.6. The zero-order valence-electron chi connectivity index (χ0n) is 59.1. The minimum absolute atomic E-state index is 0.161. The average Bonchev–Trinajstić information content (AvgIpc) is 1.19. The SMILES string of the molecule is C[C@@H](c1ccc(B2OC(C)(C)C(C)(C)O2)cc1)N1CC[C@](CC(C)(C)O)(c2ccccc2)OC1=O.Cc1nc(-c2ccc([C@H](C)N3CC[C@](CC(C)(C)O)(c4ccccc4)OC3=O)cc2)ccc1C#N.Cc1nc(Br)ccc1C#N.Cc1nc(Br)ccc1C#N.Cc1nc(N)ccc1C#N. The fourth-order valence-electron chi connectivity index (χ4n) is 11.8. The number of benzene rings is 4. The largest absolute Gasteiger partial charge is 0.494 e. The highest BCUT2D eigenvalue weighted by Crippen LogP contribution is 2.45. The molecular formula is C78H86BBr2N11O8. The average molecular weight is 1480 g/mol. The lowest BCUT2D eigenvalue weighted by Crippen LogP contribution is -2.51. The molecule has 3 saturated heterocycles. The Labute approximate surface area is 605 Å². The van der Waals surface area contributed by atoms with Crippen molar-refractivity contribution in [1.82, 2.24) is 29.7 Å². The van der Waals surface area contributed by atoms with Gasteiger partial charge in [0.25, 0.3) is 0 Å². The molecule has 0 spiro atoms. The third-order valence-corrected chi connectivity index (χ3v) is 18.8. The minimum Gasteiger partial charge on any atom is -0.438 e. The maximum atomic E-state index is 13.3. The Morgan fingerprint density at radius 3 is 1.21 bits per heavy atom. The van der Waals surface area contributed by atoms with Crippen LogP contribution in [0.25, 0.3) is 11.3 Å². The molecule has 3 aliphatic rings. The molecule has 0 saturated carbocycles. The van der Waals surface area contributed by atoms with Crippen LogP contribution >= 0.6 is 31.9 Å². The van der Waals surface area contributed by atoms with Crippen molar-refractivity contribution in [2.75, 3.05) is 18.8 Å². The molecule has 4 N–H and O–H groups in total. The number of hydrogen-bond acceptors (Lipinski definition) is 17. The topological polar surface area (TPSA) is 291 Å². The van der Waals surface area contributed by atoms with E-state index in [0.717, 1.165) is 59.6 Å².